The average molecular weight is 520 g/mol. The second-order valence-electron chi connectivity index (χ2n) is 12.3. The molecule has 7 atom stereocenters. The van der Waals surface area contributed by atoms with Crippen LogP contribution in [-0.2, 0) is 4.79 Å². The van der Waals surface area contributed by atoms with E-state index >= 15 is 0 Å². The lowest BCUT2D eigenvalue weighted by molar-refractivity contribution is -0.151. The number of aliphatic hydroxyl groups excluding tert-OH is 2. The number of hydrogen-bond donors (Lipinski definition) is 4. The van der Waals surface area contributed by atoms with Crippen LogP contribution in [0.3, 0.4) is 0 Å². The van der Waals surface area contributed by atoms with Gasteiger partial charge in [-0.05, 0) is 81.1 Å². The topological polar surface area (TPSA) is 110 Å². The van der Waals surface area contributed by atoms with Gasteiger partial charge in [0, 0.05) is 6.21 Å². The lowest BCUT2D eigenvalue weighted by atomic mass is 9.66. The number of aliphatic hydroxyl groups is 3. The Hall–Kier alpha value is -1.24. The highest BCUT2D eigenvalue weighted by Gasteiger charge is 2.52. The molecule has 1 heterocycles. The molecule has 0 aromatic carbocycles. The van der Waals surface area contributed by atoms with Gasteiger partial charge in [-0.3, -0.25) is 9.79 Å². The highest BCUT2D eigenvalue weighted by Crippen LogP contribution is 2.53. The Morgan fingerprint density at radius 1 is 1.00 bits per heavy atom. The number of carbonyl (C=O) groups is 1. The Labute approximate surface area is 224 Å². The predicted molar refractivity (Wildman–Crippen MR) is 149 cm³/mol. The first-order chi connectivity index (χ1) is 17.8. The quantitative estimate of drug-likeness (QED) is 0.164. The minimum absolute atomic E-state index is 0.152. The summed E-state index contributed by atoms with van der Waals surface area (Å²) in [6.45, 7) is 2.98. The molecule has 2 aliphatic carbocycles. The zero-order valence-corrected chi connectivity index (χ0v) is 23.2. The molecule has 37 heavy (non-hydrogen) atoms. The fourth-order valence-corrected chi connectivity index (χ4v) is 7.33. The van der Waals surface area contributed by atoms with Crippen LogP contribution in [0.2, 0.25) is 0 Å². The maximum absolute atomic E-state index is 12.0. The Balaban J connectivity index is 1.35. The minimum atomic E-state index is -0.920. The fourth-order valence-electron chi connectivity index (χ4n) is 7.33. The van der Waals surface area contributed by atoms with Crippen LogP contribution >= 0.6 is 0 Å². The number of carboxylic acids is 1. The molecule has 6 nitrogen and oxygen atoms in total. The minimum Gasteiger partial charge on any atom is -0.481 e. The van der Waals surface area contributed by atoms with E-state index in [1.54, 1.807) is 0 Å². The fraction of sp³-hybridized carbons (Fsp3) is 0.871. The molecule has 3 rings (SSSR count). The summed E-state index contributed by atoms with van der Waals surface area (Å²) in [5, 5.41) is 42.6. The zero-order chi connectivity index (χ0) is 26.7. The molecule has 0 amide bonds. The van der Waals surface area contributed by atoms with Crippen LogP contribution in [0, 0.1) is 23.7 Å². The van der Waals surface area contributed by atoms with E-state index in [4.69, 9.17) is 0 Å². The van der Waals surface area contributed by atoms with E-state index in [-0.39, 0.29) is 17.9 Å². The molecule has 0 spiro atoms. The van der Waals surface area contributed by atoms with Gasteiger partial charge in [0.05, 0.1) is 30.3 Å². The van der Waals surface area contributed by atoms with Gasteiger partial charge in [-0.15, -0.1) is 0 Å². The van der Waals surface area contributed by atoms with Gasteiger partial charge < -0.3 is 20.4 Å². The molecule has 7 unspecified atom stereocenters. The number of carboxylic acid groups (broad SMARTS) is 1. The first kappa shape index (κ1) is 30.3. The van der Waals surface area contributed by atoms with Crippen LogP contribution in [0.5, 0.6) is 0 Å². The molecule has 0 aromatic heterocycles. The number of nitrogens with zero attached hydrogens (tertiary/aromatic N) is 1. The molecular formula is C31H53NO5. The summed E-state index contributed by atoms with van der Waals surface area (Å²) in [5.41, 5.74) is 0.504. The number of hydrogen-bond acceptors (Lipinski definition) is 5. The molecule has 2 fully saturated rings. The van der Waals surface area contributed by atoms with Crippen molar-refractivity contribution in [1.82, 2.24) is 0 Å². The van der Waals surface area contributed by atoms with Crippen molar-refractivity contribution in [1.29, 1.82) is 0 Å². The van der Waals surface area contributed by atoms with Gasteiger partial charge in [-0.25, -0.2) is 0 Å². The lowest BCUT2D eigenvalue weighted by Gasteiger charge is -2.43. The van der Waals surface area contributed by atoms with Gasteiger partial charge in [-0.1, -0.05) is 70.8 Å². The summed E-state index contributed by atoms with van der Waals surface area (Å²) < 4.78 is 0. The summed E-state index contributed by atoms with van der Waals surface area (Å²) in [6, 6.07) is 0. The zero-order valence-electron chi connectivity index (χ0n) is 23.2. The van der Waals surface area contributed by atoms with Gasteiger partial charge in [-0.2, -0.15) is 0 Å². The number of aliphatic carboxylic acids is 1. The monoisotopic (exact) mass is 519 g/mol. The Bertz CT molecular complexity index is 752. The van der Waals surface area contributed by atoms with Crippen molar-refractivity contribution in [3.63, 3.8) is 0 Å². The Morgan fingerprint density at radius 3 is 2.30 bits per heavy atom. The molecule has 1 aliphatic heterocycles. The van der Waals surface area contributed by atoms with E-state index in [2.05, 4.69) is 18.0 Å². The predicted octanol–water partition coefficient (Wildman–Crippen LogP) is 6.07. The van der Waals surface area contributed by atoms with Crippen LogP contribution in [-0.4, -0.2) is 57.0 Å². The summed E-state index contributed by atoms with van der Waals surface area (Å²) >= 11 is 0. The van der Waals surface area contributed by atoms with Crippen LogP contribution in [0.25, 0.3) is 0 Å². The second kappa shape index (κ2) is 15.4. The number of aliphatic imine (C=N–C) groups is 1. The SMILES string of the molecule is CCCCCCCC(O)CCCCCCC(C(=O)O)C(O)C1CCC2C(CC3=CCN=C3)CCC2(O)C1. The summed E-state index contributed by atoms with van der Waals surface area (Å²) in [6.07, 6.45) is 19.8. The standard InChI is InChI=1S/C31H53NO5/c1-2-3-4-5-8-11-26(33)12-9-6-7-10-13-27(30(35)36)29(34)25-14-15-28-24(16-18-31(28,37)21-25)20-23-17-19-32-22-23/h17,22,24-29,33-34,37H,2-16,18-21H2,1H3,(H,35,36). The van der Waals surface area contributed by atoms with E-state index in [0.717, 1.165) is 83.6 Å². The summed E-state index contributed by atoms with van der Waals surface area (Å²) in [7, 11) is 0. The lowest BCUT2D eigenvalue weighted by Crippen LogP contribution is -2.46. The molecule has 4 N–H and O–H groups in total. The molecule has 212 valence electrons. The maximum atomic E-state index is 12.0. The van der Waals surface area contributed by atoms with Gasteiger partial charge in [0.15, 0.2) is 0 Å². The third kappa shape index (κ3) is 9.18. The number of fused-ring (bicyclic) bond motifs is 1. The van der Waals surface area contributed by atoms with Crippen molar-refractivity contribution < 1.29 is 25.2 Å². The van der Waals surface area contributed by atoms with E-state index in [9.17, 15) is 25.2 Å². The van der Waals surface area contributed by atoms with Crippen LogP contribution in [0.15, 0.2) is 16.6 Å². The van der Waals surface area contributed by atoms with Gasteiger partial charge >= 0.3 is 5.97 Å². The summed E-state index contributed by atoms with van der Waals surface area (Å²) in [5.74, 6) is -1.15. The van der Waals surface area contributed by atoms with Gasteiger partial charge in [0.1, 0.15) is 0 Å². The molecular weight excluding hydrogens is 466 g/mol. The van der Waals surface area contributed by atoms with E-state index in [0.29, 0.717) is 18.8 Å². The highest BCUT2D eigenvalue weighted by atomic mass is 16.4. The van der Waals surface area contributed by atoms with Crippen molar-refractivity contribution in [2.75, 3.05) is 6.54 Å². The molecule has 0 bridgehead atoms. The molecule has 2 saturated carbocycles. The van der Waals surface area contributed by atoms with Crippen LogP contribution in [0.4, 0.5) is 0 Å². The smallest absolute Gasteiger partial charge is 0.309 e. The third-order valence-electron chi connectivity index (χ3n) is 9.54. The first-order valence-electron chi connectivity index (χ1n) is 15.3. The van der Waals surface area contributed by atoms with Crippen molar-refractivity contribution in [2.45, 2.75) is 140 Å². The van der Waals surface area contributed by atoms with E-state index in [1.807, 2.05) is 6.21 Å². The highest BCUT2D eigenvalue weighted by molar-refractivity contribution is 5.80. The molecule has 0 radical (unpaired) electrons. The van der Waals surface area contributed by atoms with Gasteiger partial charge in [0.2, 0.25) is 0 Å². The van der Waals surface area contributed by atoms with Crippen molar-refractivity contribution in [3.05, 3.63) is 11.6 Å². The number of rotatable bonds is 18. The third-order valence-corrected chi connectivity index (χ3v) is 9.54. The van der Waals surface area contributed by atoms with Crippen molar-refractivity contribution in [2.24, 2.45) is 28.7 Å². The van der Waals surface area contributed by atoms with Crippen molar-refractivity contribution in [3.8, 4) is 0 Å². The number of allylic oxidation sites excluding steroid dienone is 1. The first-order valence-corrected chi connectivity index (χ1v) is 15.3. The molecule has 0 saturated heterocycles. The van der Waals surface area contributed by atoms with Crippen molar-refractivity contribution >= 4 is 12.2 Å². The molecule has 0 aromatic rings. The van der Waals surface area contributed by atoms with Crippen LogP contribution < -0.4 is 0 Å². The van der Waals surface area contributed by atoms with E-state index in [1.165, 1.54) is 31.3 Å². The molecule has 6 heteroatoms. The van der Waals surface area contributed by atoms with Crippen LogP contribution in [0.1, 0.15) is 122 Å². The Morgan fingerprint density at radius 2 is 1.68 bits per heavy atom. The maximum Gasteiger partial charge on any atom is 0.309 e. The average Bonchev–Trinajstić information content (AvgIpc) is 3.50. The largest absolute Gasteiger partial charge is 0.481 e. The second-order valence-corrected chi connectivity index (χ2v) is 12.3. The summed E-state index contributed by atoms with van der Waals surface area (Å²) in [4.78, 5) is 16.3. The van der Waals surface area contributed by atoms with E-state index < -0.39 is 23.6 Å². The normalized spacial score (nSPS) is 29.6. The van der Waals surface area contributed by atoms with Gasteiger partial charge in [0.25, 0.3) is 0 Å². The molecule has 3 aliphatic rings. The Kier molecular flexibility index (Phi) is 12.6. The number of unbranched alkanes of at least 4 members (excludes halogenated alkanes) is 7.